The van der Waals surface area contributed by atoms with Crippen molar-refractivity contribution in [2.75, 3.05) is 0 Å². The highest BCUT2D eigenvalue weighted by Gasteiger charge is 2.34. The minimum Gasteiger partial charge on any atom is -0.207 e. The number of hydrogen-bond donors (Lipinski definition) is 0. The minimum atomic E-state index is -0.532. The van der Waals surface area contributed by atoms with Crippen LogP contribution >= 0.6 is 11.6 Å². The summed E-state index contributed by atoms with van der Waals surface area (Å²) < 4.78 is 26.7. The van der Waals surface area contributed by atoms with Crippen LogP contribution in [-0.4, -0.2) is 0 Å². The van der Waals surface area contributed by atoms with Gasteiger partial charge in [0.15, 0.2) is 0 Å². The molecule has 0 spiro atoms. The molecule has 16 heavy (non-hydrogen) atoms. The molecule has 0 aromatic heterocycles. The SMILES string of the molecule is Cc1cc(C(Cl)C(C)C2CC2)c(F)cc1F. The molecular formula is C13H15ClF2. The van der Waals surface area contributed by atoms with Gasteiger partial charge in [0, 0.05) is 11.6 Å². The Morgan fingerprint density at radius 2 is 1.88 bits per heavy atom. The summed E-state index contributed by atoms with van der Waals surface area (Å²) >= 11 is 6.26. The lowest BCUT2D eigenvalue weighted by molar-refractivity contribution is 0.472. The summed E-state index contributed by atoms with van der Waals surface area (Å²) in [4.78, 5) is 0. The Morgan fingerprint density at radius 3 is 2.44 bits per heavy atom. The van der Waals surface area contributed by atoms with E-state index in [1.165, 1.54) is 18.9 Å². The highest BCUT2D eigenvalue weighted by atomic mass is 35.5. The van der Waals surface area contributed by atoms with Crippen molar-refractivity contribution in [1.29, 1.82) is 0 Å². The van der Waals surface area contributed by atoms with Crippen LogP contribution in [0.1, 0.15) is 36.3 Å². The maximum Gasteiger partial charge on any atom is 0.130 e. The molecule has 0 N–H and O–H groups in total. The molecule has 0 aliphatic heterocycles. The van der Waals surface area contributed by atoms with E-state index in [-0.39, 0.29) is 11.3 Å². The van der Waals surface area contributed by atoms with E-state index in [0.717, 1.165) is 6.07 Å². The molecule has 2 rings (SSSR count). The first-order valence-electron chi connectivity index (χ1n) is 5.60. The van der Waals surface area contributed by atoms with Crippen LogP contribution in [0.2, 0.25) is 0 Å². The average Bonchev–Trinajstić information content (AvgIpc) is 3.05. The second kappa shape index (κ2) is 4.33. The molecule has 0 saturated heterocycles. The topological polar surface area (TPSA) is 0 Å². The molecule has 3 heteroatoms. The van der Waals surface area contributed by atoms with Gasteiger partial charge in [-0.2, -0.15) is 0 Å². The molecule has 1 fully saturated rings. The van der Waals surface area contributed by atoms with Gasteiger partial charge in [-0.25, -0.2) is 8.78 Å². The molecule has 1 saturated carbocycles. The molecular weight excluding hydrogens is 230 g/mol. The Balaban J connectivity index is 2.28. The van der Waals surface area contributed by atoms with Crippen molar-refractivity contribution in [3.8, 4) is 0 Å². The van der Waals surface area contributed by atoms with Gasteiger partial charge >= 0.3 is 0 Å². The second-order valence-electron chi connectivity index (χ2n) is 4.72. The molecule has 0 amide bonds. The van der Waals surface area contributed by atoms with Crippen molar-refractivity contribution in [1.82, 2.24) is 0 Å². The molecule has 88 valence electrons. The summed E-state index contributed by atoms with van der Waals surface area (Å²) in [6.45, 7) is 3.66. The van der Waals surface area contributed by atoms with E-state index in [1.807, 2.05) is 6.92 Å². The number of halogens is 3. The summed E-state index contributed by atoms with van der Waals surface area (Å²) in [5, 5.41) is -0.355. The predicted octanol–water partition coefficient (Wildman–Crippen LogP) is 4.60. The third-order valence-electron chi connectivity index (χ3n) is 3.40. The van der Waals surface area contributed by atoms with Crippen LogP contribution in [-0.2, 0) is 0 Å². The average molecular weight is 245 g/mol. The zero-order valence-corrected chi connectivity index (χ0v) is 10.2. The van der Waals surface area contributed by atoms with Crippen LogP contribution in [0.15, 0.2) is 12.1 Å². The molecule has 1 aromatic carbocycles. The van der Waals surface area contributed by atoms with Gasteiger partial charge in [-0.1, -0.05) is 6.92 Å². The first-order chi connectivity index (χ1) is 7.50. The fourth-order valence-electron chi connectivity index (χ4n) is 2.04. The maximum absolute atomic E-state index is 13.6. The van der Waals surface area contributed by atoms with E-state index in [4.69, 9.17) is 11.6 Å². The minimum absolute atomic E-state index is 0.251. The van der Waals surface area contributed by atoms with Crippen LogP contribution < -0.4 is 0 Å². The standard InChI is InChI=1S/C13H15ClF2/c1-7-5-10(12(16)6-11(7)15)13(14)8(2)9-3-4-9/h5-6,8-9,13H,3-4H2,1-2H3. The Morgan fingerprint density at radius 1 is 1.25 bits per heavy atom. The number of rotatable bonds is 3. The van der Waals surface area contributed by atoms with Crippen LogP contribution in [0.5, 0.6) is 0 Å². The number of alkyl halides is 1. The fraction of sp³-hybridized carbons (Fsp3) is 0.538. The summed E-state index contributed by atoms with van der Waals surface area (Å²) in [6, 6.07) is 2.46. The molecule has 0 heterocycles. The molecule has 1 aromatic rings. The van der Waals surface area contributed by atoms with Gasteiger partial charge in [0.25, 0.3) is 0 Å². The van der Waals surface area contributed by atoms with E-state index in [9.17, 15) is 8.78 Å². The third-order valence-corrected chi connectivity index (χ3v) is 4.03. The largest absolute Gasteiger partial charge is 0.207 e. The number of hydrogen-bond acceptors (Lipinski definition) is 0. The lowest BCUT2D eigenvalue weighted by Crippen LogP contribution is -2.08. The van der Waals surface area contributed by atoms with Crippen molar-refractivity contribution in [2.45, 2.75) is 32.1 Å². The first kappa shape index (κ1) is 11.8. The van der Waals surface area contributed by atoms with E-state index in [0.29, 0.717) is 17.0 Å². The normalized spacial score (nSPS) is 19.6. The monoisotopic (exact) mass is 244 g/mol. The smallest absolute Gasteiger partial charge is 0.130 e. The Hall–Kier alpha value is -0.630. The van der Waals surface area contributed by atoms with Crippen LogP contribution in [0.25, 0.3) is 0 Å². The third kappa shape index (κ3) is 2.22. The van der Waals surface area contributed by atoms with Gasteiger partial charge in [-0.05, 0) is 43.2 Å². The zero-order valence-electron chi connectivity index (χ0n) is 9.43. The van der Waals surface area contributed by atoms with Gasteiger partial charge < -0.3 is 0 Å². The number of benzene rings is 1. The van der Waals surface area contributed by atoms with Gasteiger partial charge in [-0.15, -0.1) is 11.6 Å². The van der Waals surface area contributed by atoms with E-state index < -0.39 is 11.6 Å². The summed E-state index contributed by atoms with van der Waals surface area (Å²) in [5.41, 5.74) is 0.880. The Labute approximate surface area is 99.6 Å². The molecule has 0 nitrogen and oxygen atoms in total. The van der Waals surface area contributed by atoms with Crippen molar-refractivity contribution >= 4 is 11.6 Å². The van der Waals surface area contributed by atoms with E-state index in [2.05, 4.69) is 0 Å². The van der Waals surface area contributed by atoms with E-state index in [1.54, 1.807) is 6.92 Å². The van der Waals surface area contributed by atoms with Crippen molar-refractivity contribution in [3.63, 3.8) is 0 Å². The van der Waals surface area contributed by atoms with Crippen molar-refractivity contribution in [2.24, 2.45) is 11.8 Å². The predicted molar refractivity (Wildman–Crippen MR) is 61.6 cm³/mol. The van der Waals surface area contributed by atoms with Gasteiger partial charge in [0.05, 0.1) is 5.38 Å². The Kier molecular flexibility index (Phi) is 3.20. The van der Waals surface area contributed by atoms with Crippen LogP contribution in [0.3, 0.4) is 0 Å². The molecule has 1 aliphatic carbocycles. The molecule has 2 unspecified atom stereocenters. The highest BCUT2D eigenvalue weighted by molar-refractivity contribution is 6.21. The van der Waals surface area contributed by atoms with Crippen molar-refractivity contribution < 1.29 is 8.78 Å². The van der Waals surface area contributed by atoms with Gasteiger partial charge in [0.1, 0.15) is 11.6 Å². The lowest BCUT2D eigenvalue weighted by Gasteiger charge is -2.19. The zero-order chi connectivity index (χ0) is 11.9. The Bertz CT molecular complexity index is 399. The lowest BCUT2D eigenvalue weighted by atomic mass is 9.94. The fourth-order valence-corrected chi connectivity index (χ4v) is 2.41. The summed E-state index contributed by atoms with van der Waals surface area (Å²) in [7, 11) is 0. The van der Waals surface area contributed by atoms with Gasteiger partial charge in [-0.3, -0.25) is 0 Å². The maximum atomic E-state index is 13.6. The molecule has 0 radical (unpaired) electrons. The first-order valence-corrected chi connectivity index (χ1v) is 6.04. The van der Waals surface area contributed by atoms with E-state index >= 15 is 0 Å². The molecule has 2 atom stereocenters. The highest BCUT2D eigenvalue weighted by Crippen LogP contribution is 2.45. The number of aryl methyl sites for hydroxylation is 1. The van der Waals surface area contributed by atoms with Crippen molar-refractivity contribution in [3.05, 3.63) is 34.9 Å². The quantitative estimate of drug-likeness (QED) is 0.682. The molecule has 1 aliphatic rings. The summed E-state index contributed by atoms with van der Waals surface area (Å²) in [5.74, 6) is -0.187. The van der Waals surface area contributed by atoms with Crippen LogP contribution in [0.4, 0.5) is 8.78 Å². The second-order valence-corrected chi connectivity index (χ2v) is 5.19. The van der Waals surface area contributed by atoms with Gasteiger partial charge in [0.2, 0.25) is 0 Å². The van der Waals surface area contributed by atoms with Crippen LogP contribution in [0, 0.1) is 30.4 Å². The molecule has 0 bridgehead atoms. The summed E-state index contributed by atoms with van der Waals surface area (Å²) in [6.07, 6.45) is 2.35.